The highest BCUT2D eigenvalue weighted by Gasteiger charge is 2.14. The lowest BCUT2D eigenvalue weighted by Crippen LogP contribution is -2.13. The number of nitrogens with one attached hydrogen (secondary N) is 1. The van der Waals surface area contributed by atoms with Gasteiger partial charge in [0, 0.05) is 6.42 Å². The van der Waals surface area contributed by atoms with Gasteiger partial charge < -0.3 is 10.1 Å². The zero-order valence-corrected chi connectivity index (χ0v) is 17.0. The lowest BCUT2D eigenvalue weighted by molar-refractivity contribution is -0.116. The SMILES string of the molecule is CCOC(=O)c1ccc(NC(=O)CCc2ccc(C(C)(C)C)cc2)c(Cl)c1. The third-order valence-electron chi connectivity index (χ3n) is 4.22. The van der Waals surface area contributed by atoms with E-state index >= 15 is 0 Å². The fraction of sp³-hybridized carbons (Fsp3) is 0.364. The van der Waals surface area contributed by atoms with E-state index < -0.39 is 5.97 Å². The molecule has 1 N–H and O–H groups in total. The summed E-state index contributed by atoms with van der Waals surface area (Å²) in [6.07, 6.45) is 1.000. The van der Waals surface area contributed by atoms with Crippen LogP contribution in [0.15, 0.2) is 42.5 Å². The van der Waals surface area contributed by atoms with Gasteiger partial charge in [0.2, 0.25) is 5.91 Å². The first-order chi connectivity index (χ1) is 12.7. The van der Waals surface area contributed by atoms with Crippen LogP contribution in [0.4, 0.5) is 5.69 Å². The molecule has 5 heteroatoms. The number of amides is 1. The van der Waals surface area contributed by atoms with Crippen molar-refractivity contribution >= 4 is 29.2 Å². The van der Waals surface area contributed by atoms with Crippen molar-refractivity contribution in [1.82, 2.24) is 0 Å². The molecule has 0 saturated heterocycles. The molecule has 2 aromatic rings. The summed E-state index contributed by atoms with van der Waals surface area (Å²) in [5, 5.41) is 3.10. The summed E-state index contributed by atoms with van der Waals surface area (Å²) < 4.78 is 4.94. The Morgan fingerprint density at radius 1 is 1.07 bits per heavy atom. The molecule has 144 valence electrons. The van der Waals surface area contributed by atoms with Gasteiger partial charge in [-0.15, -0.1) is 0 Å². The minimum absolute atomic E-state index is 0.113. The van der Waals surface area contributed by atoms with E-state index in [-0.39, 0.29) is 11.3 Å². The van der Waals surface area contributed by atoms with Gasteiger partial charge >= 0.3 is 5.97 Å². The van der Waals surface area contributed by atoms with Crippen molar-refractivity contribution < 1.29 is 14.3 Å². The van der Waals surface area contributed by atoms with Crippen molar-refractivity contribution in [1.29, 1.82) is 0 Å². The van der Waals surface area contributed by atoms with E-state index in [0.29, 0.717) is 35.7 Å². The van der Waals surface area contributed by atoms with Gasteiger partial charge in [0.1, 0.15) is 0 Å². The zero-order valence-electron chi connectivity index (χ0n) is 16.3. The quantitative estimate of drug-likeness (QED) is 0.676. The Labute approximate surface area is 165 Å². The number of rotatable bonds is 6. The fourth-order valence-corrected chi connectivity index (χ4v) is 2.83. The highest BCUT2D eigenvalue weighted by atomic mass is 35.5. The molecule has 0 heterocycles. The molecule has 0 atom stereocenters. The molecular weight excluding hydrogens is 362 g/mol. The molecule has 0 radical (unpaired) electrons. The monoisotopic (exact) mass is 387 g/mol. The molecule has 2 aromatic carbocycles. The Hall–Kier alpha value is -2.33. The second-order valence-corrected chi connectivity index (χ2v) is 7.82. The number of benzene rings is 2. The van der Waals surface area contributed by atoms with E-state index in [4.69, 9.17) is 16.3 Å². The second-order valence-electron chi connectivity index (χ2n) is 7.41. The molecule has 27 heavy (non-hydrogen) atoms. The Morgan fingerprint density at radius 2 is 1.74 bits per heavy atom. The lowest BCUT2D eigenvalue weighted by atomic mass is 9.86. The van der Waals surface area contributed by atoms with E-state index in [0.717, 1.165) is 5.56 Å². The Bertz CT molecular complexity index is 807. The third kappa shape index (κ3) is 6.10. The molecule has 2 rings (SSSR count). The van der Waals surface area contributed by atoms with Crippen LogP contribution in [0.2, 0.25) is 5.02 Å². The molecule has 0 saturated carbocycles. The molecule has 0 bridgehead atoms. The van der Waals surface area contributed by atoms with E-state index in [1.54, 1.807) is 19.1 Å². The van der Waals surface area contributed by atoms with Gasteiger partial charge in [-0.25, -0.2) is 4.79 Å². The molecule has 0 aliphatic rings. The van der Waals surface area contributed by atoms with Gasteiger partial charge in [-0.3, -0.25) is 4.79 Å². The van der Waals surface area contributed by atoms with Crippen LogP contribution in [-0.4, -0.2) is 18.5 Å². The maximum atomic E-state index is 12.2. The maximum Gasteiger partial charge on any atom is 0.338 e. The van der Waals surface area contributed by atoms with Gasteiger partial charge in [-0.2, -0.15) is 0 Å². The zero-order chi connectivity index (χ0) is 20.0. The summed E-state index contributed by atoms with van der Waals surface area (Å²) >= 11 is 6.17. The van der Waals surface area contributed by atoms with Crippen LogP contribution >= 0.6 is 11.6 Å². The molecule has 0 fully saturated rings. The van der Waals surface area contributed by atoms with Crippen molar-refractivity contribution in [2.75, 3.05) is 11.9 Å². The number of carbonyl (C=O) groups is 2. The number of halogens is 1. The van der Waals surface area contributed by atoms with Gasteiger partial charge in [-0.1, -0.05) is 56.6 Å². The molecule has 4 nitrogen and oxygen atoms in total. The lowest BCUT2D eigenvalue weighted by Gasteiger charge is -2.19. The van der Waals surface area contributed by atoms with Crippen molar-refractivity contribution in [2.24, 2.45) is 0 Å². The Morgan fingerprint density at radius 3 is 2.30 bits per heavy atom. The number of esters is 1. The van der Waals surface area contributed by atoms with E-state index in [9.17, 15) is 9.59 Å². The Kier molecular flexibility index (Phi) is 7.03. The van der Waals surface area contributed by atoms with Crippen molar-refractivity contribution in [3.05, 3.63) is 64.2 Å². The minimum Gasteiger partial charge on any atom is -0.462 e. The molecular formula is C22H26ClNO3. The highest BCUT2D eigenvalue weighted by Crippen LogP contribution is 2.24. The van der Waals surface area contributed by atoms with Gasteiger partial charge in [0.15, 0.2) is 0 Å². The topological polar surface area (TPSA) is 55.4 Å². The first-order valence-electron chi connectivity index (χ1n) is 9.06. The standard InChI is InChI=1S/C22H26ClNO3/c1-5-27-21(26)16-9-12-19(18(23)14-16)24-20(25)13-8-15-6-10-17(11-7-15)22(2,3)4/h6-7,9-12,14H,5,8,13H2,1-4H3,(H,24,25). The first kappa shape index (κ1) is 21.0. The summed E-state index contributed by atoms with van der Waals surface area (Å²) in [5.74, 6) is -0.559. The Balaban J connectivity index is 1.93. The van der Waals surface area contributed by atoms with E-state index in [2.05, 4.69) is 50.4 Å². The number of carbonyl (C=O) groups excluding carboxylic acids is 2. The number of anilines is 1. The summed E-state index contributed by atoms with van der Waals surface area (Å²) in [7, 11) is 0. The predicted molar refractivity (Wildman–Crippen MR) is 110 cm³/mol. The molecule has 0 unspecified atom stereocenters. The van der Waals surface area contributed by atoms with Crippen LogP contribution in [-0.2, 0) is 21.4 Å². The average Bonchev–Trinajstić information content (AvgIpc) is 2.61. The maximum absolute atomic E-state index is 12.2. The van der Waals surface area contributed by atoms with Gasteiger partial charge in [0.25, 0.3) is 0 Å². The number of aryl methyl sites for hydroxylation is 1. The second kappa shape index (κ2) is 9.05. The number of ether oxygens (including phenoxy) is 1. The van der Waals surface area contributed by atoms with E-state index in [1.807, 2.05) is 0 Å². The van der Waals surface area contributed by atoms with Crippen LogP contribution in [0, 0.1) is 0 Å². The normalized spacial score (nSPS) is 11.1. The molecule has 0 aromatic heterocycles. The van der Waals surface area contributed by atoms with Crippen molar-refractivity contribution in [3.63, 3.8) is 0 Å². The third-order valence-corrected chi connectivity index (χ3v) is 4.53. The van der Waals surface area contributed by atoms with Crippen LogP contribution in [0.5, 0.6) is 0 Å². The summed E-state index contributed by atoms with van der Waals surface area (Å²) in [4.78, 5) is 23.9. The predicted octanol–water partition coefficient (Wildman–Crippen LogP) is 5.39. The molecule has 0 spiro atoms. The summed E-state index contributed by atoms with van der Waals surface area (Å²) in [5.41, 5.74) is 3.34. The fourth-order valence-electron chi connectivity index (χ4n) is 2.60. The van der Waals surface area contributed by atoms with Crippen LogP contribution in [0.3, 0.4) is 0 Å². The molecule has 0 aliphatic heterocycles. The summed E-state index contributed by atoms with van der Waals surface area (Å²) in [6, 6.07) is 13.1. The number of hydrogen-bond donors (Lipinski definition) is 1. The van der Waals surface area contributed by atoms with Gasteiger partial charge in [-0.05, 0) is 48.1 Å². The first-order valence-corrected chi connectivity index (χ1v) is 9.44. The molecule has 0 aliphatic carbocycles. The van der Waals surface area contributed by atoms with Crippen molar-refractivity contribution in [2.45, 2.75) is 46.0 Å². The summed E-state index contributed by atoms with van der Waals surface area (Å²) in [6.45, 7) is 8.56. The van der Waals surface area contributed by atoms with Crippen molar-refractivity contribution in [3.8, 4) is 0 Å². The van der Waals surface area contributed by atoms with E-state index in [1.165, 1.54) is 11.6 Å². The van der Waals surface area contributed by atoms with Crippen LogP contribution in [0.25, 0.3) is 0 Å². The largest absolute Gasteiger partial charge is 0.462 e. The smallest absolute Gasteiger partial charge is 0.338 e. The average molecular weight is 388 g/mol. The highest BCUT2D eigenvalue weighted by molar-refractivity contribution is 6.34. The number of hydrogen-bond acceptors (Lipinski definition) is 3. The van der Waals surface area contributed by atoms with Crippen LogP contribution in [0.1, 0.15) is 55.6 Å². The molecule has 1 amide bonds. The minimum atomic E-state index is -0.434. The van der Waals surface area contributed by atoms with Gasteiger partial charge in [0.05, 0.1) is 22.9 Å². The van der Waals surface area contributed by atoms with Crippen LogP contribution < -0.4 is 5.32 Å².